The van der Waals surface area contributed by atoms with Crippen molar-refractivity contribution in [2.24, 2.45) is 0 Å². The molecule has 0 saturated carbocycles. The topological polar surface area (TPSA) is 115 Å². The van der Waals surface area contributed by atoms with Crippen LogP contribution in [-0.2, 0) is 29.2 Å². The maximum Gasteiger partial charge on any atom is 0.335 e. The number of piperazine rings is 1. The van der Waals surface area contributed by atoms with Gasteiger partial charge in [0.15, 0.2) is 0 Å². The van der Waals surface area contributed by atoms with Crippen LogP contribution in [0.15, 0.2) is 61.7 Å². The van der Waals surface area contributed by atoms with Crippen molar-refractivity contribution in [1.29, 1.82) is 5.26 Å². The molecule has 3 aliphatic heterocycles. The summed E-state index contributed by atoms with van der Waals surface area (Å²) in [6.45, 7) is 11.9. The van der Waals surface area contributed by atoms with E-state index in [-0.39, 0.29) is 18.4 Å². The van der Waals surface area contributed by atoms with Crippen LogP contribution >= 0.6 is 0 Å². The van der Waals surface area contributed by atoms with Gasteiger partial charge in [0.05, 0.1) is 24.2 Å². The first-order valence-electron chi connectivity index (χ1n) is 15.7. The van der Waals surface area contributed by atoms with Gasteiger partial charge in [0.2, 0.25) is 5.91 Å². The monoisotopic (exact) mass is 621 g/mol. The van der Waals surface area contributed by atoms with Crippen LogP contribution in [0.3, 0.4) is 0 Å². The van der Waals surface area contributed by atoms with Crippen LogP contribution in [0.2, 0.25) is 0 Å². The summed E-state index contributed by atoms with van der Waals surface area (Å²) in [5, 5.41) is 11.6. The molecule has 2 fully saturated rings. The molecule has 3 aliphatic rings. The number of likely N-dealkylation sites (N-methyl/N-ethyl adjacent to an activating group) is 1. The SMILES string of the molecule is C=CC(=O)Oc1ccc2ccccc2c1CN1Cc2nc(OC[C@@H]3CCCN3C)nc(N3CCN(C(=O)C=C)[C@@H](CC#N)C3)c2C1. The quantitative estimate of drug-likeness (QED) is 0.188. The zero-order chi connectivity index (χ0) is 32.2. The molecule has 0 spiro atoms. The molecule has 11 nitrogen and oxygen atoms in total. The minimum absolute atomic E-state index is 0.174. The van der Waals surface area contributed by atoms with Crippen molar-refractivity contribution in [2.75, 3.05) is 44.7 Å². The molecular formula is C35H39N7O4. The Hall–Kier alpha value is -4.79. The highest BCUT2D eigenvalue weighted by molar-refractivity contribution is 5.90. The fraction of sp³-hybridized carbons (Fsp3) is 0.400. The highest BCUT2D eigenvalue weighted by Crippen LogP contribution is 2.36. The number of hydrogen-bond acceptors (Lipinski definition) is 10. The van der Waals surface area contributed by atoms with E-state index in [0.29, 0.717) is 63.7 Å². The second-order valence-electron chi connectivity index (χ2n) is 12.1. The third-order valence-electron chi connectivity index (χ3n) is 9.21. The van der Waals surface area contributed by atoms with E-state index in [1.165, 1.54) is 12.2 Å². The predicted octanol–water partition coefficient (Wildman–Crippen LogP) is 3.83. The summed E-state index contributed by atoms with van der Waals surface area (Å²) in [6.07, 6.45) is 4.89. The van der Waals surface area contributed by atoms with Crippen LogP contribution < -0.4 is 14.4 Å². The van der Waals surface area contributed by atoms with Gasteiger partial charge in [-0.05, 0) is 49.3 Å². The number of aromatic nitrogens is 2. The van der Waals surface area contributed by atoms with Gasteiger partial charge >= 0.3 is 12.0 Å². The number of ether oxygens (including phenoxy) is 2. The highest BCUT2D eigenvalue weighted by atomic mass is 16.5. The Morgan fingerprint density at radius 1 is 1.07 bits per heavy atom. The summed E-state index contributed by atoms with van der Waals surface area (Å²) >= 11 is 0. The lowest BCUT2D eigenvalue weighted by molar-refractivity contribution is -0.129. The average molecular weight is 622 g/mol. The number of fused-ring (bicyclic) bond motifs is 2. The number of carbonyl (C=O) groups excluding carboxylic acids is 2. The molecule has 1 aromatic heterocycles. The number of nitrogens with zero attached hydrogens (tertiary/aromatic N) is 7. The molecule has 2 atom stereocenters. The lowest BCUT2D eigenvalue weighted by atomic mass is 10.0. The summed E-state index contributed by atoms with van der Waals surface area (Å²) in [5.41, 5.74) is 2.78. The fourth-order valence-electron chi connectivity index (χ4n) is 6.76. The van der Waals surface area contributed by atoms with Gasteiger partial charge in [-0.1, -0.05) is 43.5 Å². The van der Waals surface area contributed by atoms with Crippen molar-refractivity contribution in [3.05, 3.63) is 78.5 Å². The van der Waals surface area contributed by atoms with Crippen molar-refractivity contribution < 1.29 is 19.1 Å². The lowest BCUT2D eigenvalue weighted by Gasteiger charge is -2.41. The molecule has 0 bridgehead atoms. The number of carbonyl (C=O) groups is 2. The second-order valence-corrected chi connectivity index (χ2v) is 12.1. The third-order valence-corrected chi connectivity index (χ3v) is 9.21. The fourth-order valence-corrected chi connectivity index (χ4v) is 6.76. The average Bonchev–Trinajstić information content (AvgIpc) is 3.68. The molecule has 0 radical (unpaired) electrons. The standard InChI is InChI=1S/C35H39N7O4/c1-4-32(43)42-18-17-41(19-25(42)14-15-36)34-29-21-40(22-30(29)37-35(38-34)45-23-26-10-8-16-39(26)3)20-28-27-11-7-6-9-24(27)12-13-31(28)46-33(44)5-2/h4-7,9,11-13,25-26H,1-2,8,10,14,16-23H2,3H3/t25-,26-/m0/s1. The Labute approximate surface area is 269 Å². The van der Waals surface area contributed by atoms with E-state index in [1.807, 2.05) is 36.4 Å². The molecular weight excluding hydrogens is 582 g/mol. The minimum atomic E-state index is -0.509. The van der Waals surface area contributed by atoms with E-state index in [0.717, 1.165) is 52.8 Å². The van der Waals surface area contributed by atoms with Crippen molar-refractivity contribution >= 4 is 28.5 Å². The van der Waals surface area contributed by atoms with Crippen molar-refractivity contribution in [2.45, 2.75) is 51.0 Å². The van der Waals surface area contributed by atoms with E-state index in [4.69, 9.17) is 19.4 Å². The zero-order valence-corrected chi connectivity index (χ0v) is 26.2. The number of hydrogen-bond donors (Lipinski definition) is 0. The number of amides is 1. The number of esters is 1. The van der Waals surface area contributed by atoms with Crippen LogP contribution in [-0.4, -0.2) is 88.5 Å². The Bertz CT molecular complexity index is 1700. The van der Waals surface area contributed by atoms with Crippen LogP contribution in [0.5, 0.6) is 11.8 Å². The molecule has 0 aliphatic carbocycles. The van der Waals surface area contributed by atoms with Crippen molar-refractivity contribution in [3.8, 4) is 17.8 Å². The molecule has 6 rings (SSSR count). The van der Waals surface area contributed by atoms with Crippen molar-refractivity contribution in [3.63, 3.8) is 0 Å². The van der Waals surface area contributed by atoms with Crippen LogP contribution in [0.25, 0.3) is 10.8 Å². The smallest absolute Gasteiger partial charge is 0.335 e. The number of anilines is 1. The Kier molecular flexibility index (Phi) is 9.28. The van der Waals surface area contributed by atoms with Gasteiger partial charge < -0.3 is 24.2 Å². The largest absolute Gasteiger partial charge is 0.462 e. The second kappa shape index (κ2) is 13.7. The Morgan fingerprint density at radius 2 is 1.91 bits per heavy atom. The maximum absolute atomic E-state index is 12.6. The van der Waals surface area contributed by atoms with Crippen molar-refractivity contribution in [1.82, 2.24) is 24.7 Å². The number of benzene rings is 2. The van der Waals surface area contributed by atoms with E-state index in [1.54, 1.807) is 4.90 Å². The first-order chi connectivity index (χ1) is 22.4. The Balaban J connectivity index is 1.31. The summed E-state index contributed by atoms with van der Waals surface area (Å²) in [6, 6.07) is 14.4. The number of likely N-dealkylation sites (tertiary alicyclic amines) is 1. The molecule has 1 amide bonds. The molecule has 11 heteroatoms. The normalized spacial score (nSPS) is 19.9. The Morgan fingerprint density at radius 3 is 2.67 bits per heavy atom. The number of nitriles is 1. The summed E-state index contributed by atoms with van der Waals surface area (Å²) in [4.78, 5) is 43.1. The van der Waals surface area contributed by atoms with E-state index >= 15 is 0 Å². The molecule has 2 aromatic carbocycles. The molecule has 2 saturated heterocycles. The van der Waals surface area contributed by atoms with E-state index in [9.17, 15) is 14.9 Å². The van der Waals surface area contributed by atoms with E-state index < -0.39 is 5.97 Å². The third kappa shape index (κ3) is 6.45. The van der Waals surface area contributed by atoms with Gasteiger partial charge in [0, 0.05) is 62.5 Å². The van der Waals surface area contributed by atoms with Crippen LogP contribution in [0.4, 0.5) is 5.82 Å². The summed E-state index contributed by atoms with van der Waals surface area (Å²) < 4.78 is 11.9. The van der Waals surface area contributed by atoms with Crippen LogP contribution in [0.1, 0.15) is 36.1 Å². The lowest BCUT2D eigenvalue weighted by Crippen LogP contribution is -2.55. The van der Waals surface area contributed by atoms with E-state index in [2.05, 4.69) is 41.0 Å². The first-order valence-corrected chi connectivity index (χ1v) is 15.7. The molecule has 46 heavy (non-hydrogen) atoms. The van der Waals surface area contributed by atoms with Gasteiger partial charge in [-0.25, -0.2) is 4.79 Å². The molecule has 0 unspecified atom stereocenters. The van der Waals surface area contributed by atoms with Gasteiger partial charge in [-0.2, -0.15) is 15.2 Å². The molecule has 3 aromatic rings. The van der Waals surface area contributed by atoms with Gasteiger partial charge in [-0.15, -0.1) is 0 Å². The minimum Gasteiger partial charge on any atom is -0.462 e. The summed E-state index contributed by atoms with van der Waals surface area (Å²) in [5.74, 6) is 0.585. The molecule has 0 N–H and O–H groups in total. The molecule has 238 valence electrons. The zero-order valence-electron chi connectivity index (χ0n) is 26.2. The molecule has 4 heterocycles. The van der Waals surface area contributed by atoms with Gasteiger partial charge in [-0.3, -0.25) is 9.69 Å². The first kappa shape index (κ1) is 31.2. The summed E-state index contributed by atoms with van der Waals surface area (Å²) in [7, 11) is 2.11. The number of rotatable bonds is 10. The predicted molar refractivity (Wildman–Crippen MR) is 174 cm³/mol. The van der Waals surface area contributed by atoms with Gasteiger partial charge in [0.25, 0.3) is 0 Å². The van der Waals surface area contributed by atoms with Crippen LogP contribution in [0, 0.1) is 11.3 Å². The maximum atomic E-state index is 12.6. The highest BCUT2D eigenvalue weighted by Gasteiger charge is 2.35. The van der Waals surface area contributed by atoms with Gasteiger partial charge in [0.1, 0.15) is 18.2 Å².